The monoisotopic (exact) mass is 460 g/mol. The van der Waals surface area contributed by atoms with Gasteiger partial charge in [0.05, 0.1) is 18.9 Å². The first-order valence-corrected chi connectivity index (χ1v) is 12.7. The largest absolute Gasteiger partial charge is 0.366 e. The molecule has 176 valence electrons. The summed E-state index contributed by atoms with van der Waals surface area (Å²) in [5.41, 5.74) is 9.12. The van der Waals surface area contributed by atoms with Gasteiger partial charge in [0.1, 0.15) is 11.9 Å². The van der Waals surface area contributed by atoms with Gasteiger partial charge >= 0.3 is 12.8 Å². The first-order valence-electron chi connectivity index (χ1n) is 12.7. The molecule has 0 fully saturated rings. The van der Waals surface area contributed by atoms with E-state index in [1.165, 1.54) is 45.1 Å². The predicted octanol–water partition coefficient (Wildman–Crippen LogP) is 7.54. The molecule has 1 aliphatic rings. The molecule has 0 atom stereocenters. The second-order valence-corrected chi connectivity index (χ2v) is 10.3. The Kier molecular flexibility index (Phi) is 6.14. The van der Waals surface area contributed by atoms with Crippen molar-refractivity contribution in [1.82, 2.24) is 4.57 Å². The maximum atomic E-state index is 2.47. The van der Waals surface area contributed by atoms with Gasteiger partial charge in [-0.25, -0.2) is 9.13 Å². The molecular weight excluding hydrogens is 425 g/mol. The molecule has 4 aromatic rings. The zero-order valence-electron chi connectivity index (χ0n) is 21.7. The predicted molar refractivity (Wildman–Crippen MR) is 150 cm³/mol. The van der Waals surface area contributed by atoms with Crippen LogP contribution in [0, 0.1) is 0 Å². The second-order valence-electron chi connectivity index (χ2n) is 10.3. The number of imidazole rings is 1. The molecule has 0 saturated heterocycles. The van der Waals surface area contributed by atoms with Crippen LogP contribution >= 0.6 is 0 Å². The van der Waals surface area contributed by atoms with Crippen LogP contribution in [-0.4, -0.2) is 11.4 Å². The molecule has 35 heavy (non-hydrogen) atoms. The van der Waals surface area contributed by atoms with Crippen LogP contribution in [0.3, 0.4) is 0 Å². The Balaban J connectivity index is 1.77. The Hall–Kier alpha value is -3.53. The summed E-state index contributed by atoms with van der Waals surface area (Å²) >= 11 is 0. The highest BCUT2D eigenvalue weighted by atomic mass is 15.3. The molecule has 0 aliphatic carbocycles. The van der Waals surface area contributed by atoms with Crippen molar-refractivity contribution < 1.29 is 4.57 Å². The van der Waals surface area contributed by atoms with Gasteiger partial charge in [-0.1, -0.05) is 88.3 Å². The van der Waals surface area contributed by atoms with Gasteiger partial charge in [-0.15, -0.1) is 0 Å². The highest BCUT2D eigenvalue weighted by Gasteiger charge is 2.36. The number of nitrogens with zero attached hydrogens (tertiary/aromatic N) is 3. The number of aromatic nitrogens is 2. The lowest BCUT2D eigenvalue weighted by molar-refractivity contribution is -0.656. The fourth-order valence-electron chi connectivity index (χ4n) is 5.25. The normalized spacial score (nSPS) is 13.1. The number of hydrogen-bond donors (Lipinski definition) is 0. The molecule has 3 nitrogen and oxygen atoms in total. The smallest absolute Gasteiger partial charge is 0.284 e. The van der Waals surface area contributed by atoms with Crippen LogP contribution < -0.4 is 9.38 Å². The van der Waals surface area contributed by atoms with E-state index in [1.54, 1.807) is 0 Å². The van der Waals surface area contributed by atoms with E-state index in [1.807, 2.05) is 0 Å². The number of fused-ring (bicyclic) bond motifs is 1. The van der Waals surface area contributed by atoms with Crippen molar-refractivity contribution in [2.24, 2.45) is 7.05 Å². The summed E-state index contributed by atoms with van der Waals surface area (Å²) in [7, 11) is 2.15. The fraction of sp³-hybridized carbons (Fsp3) is 0.258. The zero-order valence-corrected chi connectivity index (χ0v) is 21.7. The van der Waals surface area contributed by atoms with Crippen LogP contribution in [0.1, 0.15) is 56.2 Å². The Morgan fingerprint density at radius 1 is 0.800 bits per heavy atom. The van der Waals surface area contributed by atoms with Gasteiger partial charge in [0.25, 0.3) is 0 Å². The quantitative estimate of drug-likeness (QED) is 0.221. The van der Waals surface area contributed by atoms with E-state index in [0.717, 1.165) is 0 Å². The van der Waals surface area contributed by atoms with Crippen LogP contribution in [0.5, 0.6) is 0 Å². The van der Waals surface area contributed by atoms with Crippen LogP contribution in [-0.2, 0) is 7.05 Å². The standard InChI is InChI=1S/C31H35BN3/c1-22(2)27-20-26(24-12-8-7-9-13-24)21-28(23(3)4)30(27)34-19-18-33(6)31(34)35-29-15-11-10-14-25(29)16-17-32(35)5/h7-23H,1-6H3/q+1. The van der Waals surface area contributed by atoms with Crippen molar-refractivity contribution in [3.05, 3.63) is 102 Å². The minimum absolute atomic E-state index is 0.248. The van der Waals surface area contributed by atoms with Crippen molar-refractivity contribution in [3.63, 3.8) is 0 Å². The number of hydrogen-bond acceptors (Lipinski definition) is 1. The summed E-state index contributed by atoms with van der Waals surface area (Å²) in [6.07, 6.45) is 6.66. The van der Waals surface area contributed by atoms with Crippen LogP contribution in [0.15, 0.2) is 85.1 Å². The van der Waals surface area contributed by atoms with E-state index in [4.69, 9.17) is 0 Å². The third-order valence-corrected chi connectivity index (χ3v) is 7.10. The maximum Gasteiger partial charge on any atom is 0.366 e. The van der Waals surface area contributed by atoms with Crippen molar-refractivity contribution in [2.75, 3.05) is 4.81 Å². The molecule has 0 spiro atoms. The molecule has 0 bridgehead atoms. The summed E-state index contributed by atoms with van der Waals surface area (Å²) in [5.74, 6) is 4.24. The first-order chi connectivity index (χ1) is 16.9. The molecule has 5 rings (SSSR count). The Bertz CT molecular complexity index is 1350. The van der Waals surface area contributed by atoms with Gasteiger partial charge in [0, 0.05) is 5.56 Å². The minimum Gasteiger partial charge on any atom is -0.284 e. The maximum absolute atomic E-state index is 2.47. The average molecular weight is 460 g/mol. The van der Waals surface area contributed by atoms with Gasteiger partial charge in [-0.2, -0.15) is 0 Å². The molecule has 0 amide bonds. The summed E-state index contributed by atoms with van der Waals surface area (Å²) in [6, 6.07) is 24.3. The van der Waals surface area contributed by atoms with Gasteiger partial charge in [-0.05, 0) is 59.1 Å². The lowest BCUT2D eigenvalue weighted by Crippen LogP contribution is -2.43. The van der Waals surface area contributed by atoms with Gasteiger partial charge in [0.2, 0.25) is 0 Å². The van der Waals surface area contributed by atoms with Crippen molar-refractivity contribution in [2.45, 2.75) is 46.4 Å². The fourth-order valence-corrected chi connectivity index (χ4v) is 5.25. The number of rotatable bonds is 5. The van der Waals surface area contributed by atoms with Crippen LogP contribution in [0.4, 0.5) is 11.6 Å². The summed E-state index contributed by atoms with van der Waals surface area (Å²) in [5, 5.41) is 0. The van der Waals surface area contributed by atoms with E-state index in [0.29, 0.717) is 11.8 Å². The van der Waals surface area contributed by atoms with Crippen molar-refractivity contribution in [1.29, 1.82) is 0 Å². The number of anilines is 2. The third kappa shape index (κ3) is 4.12. The number of para-hydroxylation sites is 1. The Morgan fingerprint density at radius 2 is 1.43 bits per heavy atom. The Labute approximate surface area is 210 Å². The highest BCUT2D eigenvalue weighted by molar-refractivity contribution is 6.69. The lowest BCUT2D eigenvalue weighted by atomic mass is 9.60. The molecule has 0 unspecified atom stereocenters. The van der Waals surface area contributed by atoms with Crippen molar-refractivity contribution >= 4 is 24.6 Å². The third-order valence-electron chi connectivity index (χ3n) is 7.10. The molecule has 2 heterocycles. The van der Waals surface area contributed by atoms with Gasteiger partial charge in [0.15, 0.2) is 0 Å². The second kappa shape index (κ2) is 9.26. The molecular formula is C31H35BN3+. The average Bonchev–Trinajstić information content (AvgIpc) is 3.24. The number of benzene rings is 3. The minimum atomic E-state index is 0.248. The van der Waals surface area contributed by atoms with Crippen molar-refractivity contribution in [3.8, 4) is 16.8 Å². The topological polar surface area (TPSA) is 12.1 Å². The summed E-state index contributed by atoms with van der Waals surface area (Å²) in [6.45, 7) is 11.8. The summed E-state index contributed by atoms with van der Waals surface area (Å²) < 4.78 is 4.68. The highest BCUT2D eigenvalue weighted by Crippen LogP contribution is 2.39. The molecule has 1 aromatic heterocycles. The molecule has 4 heteroatoms. The first kappa shape index (κ1) is 23.2. The Morgan fingerprint density at radius 3 is 2.09 bits per heavy atom. The lowest BCUT2D eigenvalue weighted by Gasteiger charge is -2.28. The SMILES string of the molecule is CB1C=Cc2ccccc2N1c1n(-c2c(C(C)C)cc(-c3ccccc3)cc2C(C)C)cc[n+]1C. The van der Waals surface area contributed by atoms with E-state index < -0.39 is 0 Å². The van der Waals surface area contributed by atoms with Crippen LogP contribution in [0.2, 0.25) is 6.82 Å². The van der Waals surface area contributed by atoms with Gasteiger partial charge < -0.3 is 0 Å². The van der Waals surface area contributed by atoms with E-state index in [2.05, 4.69) is 147 Å². The van der Waals surface area contributed by atoms with E-state index in [9.17, 15) is 0 Å². The van der Waals surface area contributed by atoms with E-state index in [-0.39, 0.29) is 6.85 Å². The summed E-state index contributed by atoms with van der Waals surface area (Å²) in [4.78, 5) is 2.47. The van der Waals surface area contributed by atoms with E-state index >= 15 is 0 Å². The zero-order chi connectivity index (χ0) is 24.7. The molecule has 0 saturated carbocycles. The van der Waals surface area contributed by atoms with Crippen LogP contribution in [0.25, 0.3) is 22.9 Å². The van der Waals surface area contributed by atoms with Gasteiger partial charge in [-0.3, -0.25) is 4.81 Å². The number of aryl methyl sites for hydroxylation is 1. The molecule has 3 aromatic carbocycles. The molecule has 1 aliphatic heterocycles. The molecule has 0 N–H and O–H groups in total. The molecule has 0 radical (unpaired) electrons.